The molecule has 2 aromatic rings. The minimum atomic E-state index is 0.256. The van der Waals surface area contributed by atoms with E-state index in [2.05, 4.69) is 29.2 Å². The van der Waals surface area contributed by atoms with Crippen LogP contribution in [0.2, 0.25) is 0 Å². The molecule has 1 amide bonds. The van der Waals surface area contributed by atoms with Gasteiger partial charge in [0.05, 0.1) is 0 Å². The van der Waals surface area contributed by atoms with Gasteiger partial charge < -0.3 is 10.6 Å². The summed E-state index contributed by atoms with van der Waals surface area (Å²) in [6.07, 6.45) is 1.35. The third-order valence-electron chi connectivity index (χ3n) is 4.58. The van der Waals surface area contributed by atoms with E-state index in [-0.39, 0.29) is 5.91 Å². The van der Waals surface area contributed by atoms with Crippen LogP contribution in [0.1, 0.15) is 17.5 Å². The Balaban J connectivity index is 1.42. The maximum absolute atomic E-state index is 12.4. The number of rotatable bonds is 5. The van der Waals surface area contributed by atoms with Gasteiger partial charge in [0.15, 0.2) is 0 Å². The summed E-state index contributed by atoms with van der Waals surface area (Å²) in [5.74, 6) is 0.256. The normalized spacial score (nSPS) is 15.4. The van der Waals surface area contributed by atoms with Crippen LogP contribution in [-0.4, -0.2) is 41.9 Å². The van der Waals surface area contributed by atoms with Crippen molar-refractivity contribution in [2.24, 2.45) is 0 Å². The van der Waals surface area contributed by atoms with Gasteiger partial charge in [0.25, 0.3) is 0 Å². The second-order valence-electron chi connectivity index (χ2n) is 6.38. The fraction of sp³-hybridized carbons (Fsp3) is 0.350. The van der Waals surface area contributed by atoms with E-state index in [4.69, 9.17) is 5.73 Å². The van der Waals surface area contributed by atoms with Gasteiger partial charge in [-0.15, -0.1) is 0 Å². The Labute approximate surface area is 143 Å². The number of carbonyl (C=O) groups is 1. The summed E-state index contributed by atoms with van der Waals surface area (Å²) in [5, 5.41) is 0. The smallest absolute Gasteiger partial charge is 0.222 e. The van der Waals surface area contributed by atoms with E-state index in [1.165, 1.54) is 11.1 Å². The molecular formula is C20H25N3O. The SMILES string of the molecule is Nc1ccc(CCC(=O)N2CCN(Cc3ccccc3)CC2)cc1. The number of hydrogen-bond acceptors (Lipinski definition) is 3. The van der Waals surface area contributed by atoms with E-state index in [1.54, 1.807) is 0 Å². The first-order chi connectivity index (χ1) is 11.7. The number of aryl methyl sites for hydroxylation is 1. The molecule has 0 atom stereocenters. The third-order valence-corrected chi connectivity index (χ3v) is 4.58. The highest BCUT2D eigenvalue weighted by molar-refractivity contribution is 5.76. The second-order valence-corrected chi connectivity index (χ2v) is 6.38. The van der Waals surface area contributed by atoms with Crippen LogP contribution in [0.25, 0.3) is 0 Å². The lowest BCUT2D eigenvalue weighted by Gasteiger charge is -2.34. The van der Waals surface area contributed by atoms with Crippen LogP contribution in [0.4, 0.5) is 5.69 Å². The fourth-order valence-corrected chi connectivity index (χ4v) is 3.09. The molecule has 1 fully saturated rings. The van der Waals surface area contributed by atoms with E-state index in [0.29, 0.717) is 6.42 Å². The lowest BCUT2D eigenvalue weighted by molar-refractivity contribution is -0.133. The van der Waals surface area contributed by atoms with E-state index >= 15 is 0 Å². The highest BCUT2D eigenvalue weighted by Gasteiger charge is 2.20. The number of nitrogens with zero attached hydrogens (tertiary/aromatic N) is 2. The molecule has 1 aliphatic rings. The van der Waals surface area contributed by atoms with E-state index < -0.39 is 0 Å². The average Bonchev–Trinajstić information content (AvgIpc) is 2.62. The molecule has 1 heterocycles. The highest BCUT2D eigenvalue weighted by Crippen LogP contribution is 2.12. The first-order valence-corrected chi connectivity index (χ1v) is 8.59. The number of nitrogen functional groups attached to an aromatic ring is 1. The molecule has 1 aliphatic heterocycles. The quantitative estimate of drug-likeness (QED) is 0.860. The van der Waals surface area contributed by atoms with Gasteiger partial charge in [-0.3, -0.25) is 9.69 Å². The Kier molecular flexibility index (Phi) is 5.49. The lowest BCUT2D eigenvalue weighted by atomic mass is 10.1. The zero-order chi connectivity index (χ0) is 16.8. The van der Waals surface area contributed by atoms with Crippen molar-refractivity contribution in [1.82, 2.24) is 9.80 Å². The van der Waals surface area contributed by atoms with Crippen LogP contribution in [0.3, 0.4) is 0 Å². The molecule has 4 nitrogen and oxygen atoms in total. The molecule has 24 heavy (non-hydrogen) atoms. The predicted molar refractivity (Wildman–Crippen MR) is 97.5 cm³/mol. The van der Waals surface area contributed by atoms with Crippen molar-refractivity contribution in [2.45, 2.75) is 19.4 Å². The van der Waals surface area contributed by atoms with Crippen LogP contribution in [0.15, 0.2) is 54.6 Å². The zero-order valence-electron chi connectivity index (χ0n) is 14.0. The largest absolute Gasteiger partial charge is 0.399 e. The Morgan fingerprint density at radius 3 is 2.21 bits per heavy atom. The number of amides is 1. The third kappa shape index (κ3) is 4.59. The van der Waals surface area contributed by atoms with Crippen molar-refractivity contribution in [3.05, 3.63) is 65.7 Å². The van der Waals surface area contributed by atoms with Crippen LogP contribution in [0.5, 0.6) is 0 Å². The molecule has 0 spiro atoms. The maximum Gasteiger partial charge on any atom is 0.222 e. The highest BCUT2D eigenvalue weighted by atomic mass is 16.2. The Morgan fingerprint density at radius 2 is 1.54 bits per heavy atom. The first-order valence-electron chi connectivity index (χ1n) is 8.59. The van der Waals surface area contributed by atoms with E-state index in [9.17, 15) is 4.79 Å². The number of nitrogens with two attached hydrogens (primary N) is 1. The summed E-state index contributed by atoms with van der Waals surface area (Å²) in [5.41, 5.74) is 8.95. The summed E-state index contributed by atoms with van der Waals surface area (Å²) >= 11 is 0. The molecule has 0 saturated carbocycles. The minimum absolute atomic E-state index is 0.256. The van der Waals surface area contributed by atoms with E-state index in [0.717, 1.165) is 44.8 Å². The Morgan fingerprint density at radius 1 is 0.875 bits per heavy atom. The fourth-order valence-electron chi connectivity index (χ4n) is 3.09. The Hall–Kier alpha value is -2.33. The summed E-state index contributed by atoms with van der Waals surface area (Å²) in [6, 6.07) is 18.3. The average molecular weight is 323 g/mol. The van der Waals surface area contributed by atoms with Crippen molar-refractivity contribution >= 4 is 11.6 Å². The van der Waals surface area contributed by atoms with Gasteiger partial charge in [-0.2, -0.15) is 0 Å². The predicted octanol–water partition coefficient (Wildman–Crippen LogP) is 2.55. The van der Waals surface area contributed by atoms with Crippen molar-refractivity contribution < 1.29 is 4.79 Å². The molecule has 3 rings (SSSR count). The molecule has 0 aliphatic carbocycles. The molecule has 2 N–H and O–H groups in total. The van der Waals surface area contributed by atoms with Gasteiger partial charge >= 0.3 is 0 Å². The van der Waals surface area contributed by atoms with Crippen LogP contribution in [-0.2, 0) is 17.8 Å². The molecule has 0 unspecified atom stereocenters. The van der Waals surface area contributed by atoms with Gasteiger partial charge in [0, 0.05) is 44.8 Å². The number of piperazine rings is 1. The van der Waals surface area contributed by atoms with Crippen LogP contribution >= 0.6 is 0 Å². The number of anilines is 1. The van der Waals surface area contributed by atoms with Gasteiger partial charge in [-0.25, -0.2) is 0 Å². The van der Waals surface area contributed by atoms with Gasteiger partial charge in [0.1, 0.15) is 0 Å². The van der Waals surface area contributed by atoms with E-state index in [1.807, 2.05) is 35.2 Å². The summed E-state index contributed by atoms with van der Waals surface area (Å²) in [7, 11) is 0. The lowest BCUT2D eigenvalue weighted by Crippen LogP contribution is -2.48. The van der Waals surface area contributed by atoms with Crippen molar-refractivity contribution in [3.63, 3.8) is 0 Å². The molecule has 0 bridgehead atoms. The zero-order valence-corrected chi connectivity index (χ0v) is 14.0. The molecule has 1 saturated heterocycles. The molecule has 0 aromatic heterocycles. The van der Waals surface area contributed by atoms with Crippen molar-refractivity contribution in [1.29, 1.82) is 0 Å². The second kappa shape index (κ2) is 7.97. The number of carbonyl (C=O) groups excluding carboxylic acids is 1. The summed E-state index contributed by atoms with van der Waals surface area (Å²) in [4.78, 5) is 16.8. The standard InChI is InChI=1S/C20H25N3O/c21-19-9-6-17(7-10-19)8-11-20(24)23-14-12-22(13-15-23)16-18-4-2-1-3-5-18/h1-7,9-10H,8,11-16,21H2. The molecule has 2 aromatic carbocycles. The topological polar surface area (TPSA) is 49.6 Å². The maximum atomic E-state index is 12.4. The monoisotopic (exact) mass is 323 g/mol. The number of hydrogen-bond donors (Lipinski definition) is 1. The summed E-state index contributed by atoms with van der Waals surface area (Å²) < 4.78 is 0. The first kappa shape index (κ1) is 16.5. The van der Waals surface area contributed by atoms with Crippen molar-refractivity contribution in [3.8, 4) is 0 Å². The molecule has 4 heteroatoms. The van der Waals surface area contributed by atoms with Gasteiger partial charge in [-0.1, -0.05) is 42.5 Å². The van der Waals surface area contributed by atoms with Gasteiger partial charge in [0.2, 0.25) is 5.91 Å². The number of benzene rings is 2. The molecule has 0 radical (unpaired) electrons. The van der Waals surface area contributed by atoms with Gasteiger partial charge in [-0.05, 0) is 29.7 Å². The Bertz CT molecular complexity index is 646. The van der Waals surface area contributed by atoms with Crippen LogP contribution < -0.4 is 5.73 Å². The summed E-state index contributed by atoms with van der Waals surface area (Å²) in [6.45, 7) is 4.51. The van der Waals surface area contributed by atoms with Crippen LogP contribution in [0, 0.1) is 0 Å². The molecule has 126 valence electrons. The minimum Gasteiger partial charge on any atom is -0.399 e. The molecular weight excluding hydrogens is 298 g/mol. The van der Waals surface area contributed by atoms with Crippen molar-refractivity contribution in [2.75, 3.05) is 31.9 Å².